The minimum Gasteiger partial charge on any atom is -0.320 e. The highest BCUT2D eigenvalue weighted by Gasteiger charge is 2.14. The van der Waals surface area contributed by atoms with Crippen LogP contribution >= 0.6 is 24.2 Å². The molecule has 7 heteroatoms. The van der Waals surface area contributed by atoms with Crippen molar-refractivity contribution in [3.63, 3.8) is 0 Å². The van der Waals surface area contributed by atoms with Gasteiger partial charge < -0.3 is 11.1 Å². The number of amides is 1. The van der Waals surface area contributed by atoms with Gasteiger partial charge in [-0.05, 0) is 30.6 Å². The van der Waals surface area contributed by atoms with Crippen LogP contribution in [0, 0.1) is 0 Å². The maximum atomic E-state index is 11.9. The highest BCUT2D eigenvalue weighted by molar-refractivity contribution is 7.98. The van der Waals surface area contributed by atoms with Crippen molar-refractivity contribution in [2.45, 2.75) is 12.5 Å². The molecule has 0 saturated heterocycles. The summed E-state index contributed by atoms with van der Waals surface area (Å²) in [6.07, 6.45) is 4.46. The smallest absolute Gasteiger partial charge is 0.242 e. The van der Waals surface area contributed by atoms with Crippen molar-refractivity contribution in [3.05, 3.63) is 42.6 Å². The summed E-state index contributed by atoms with van der Waals surface area (Å²) >= 11 is 1.68. The highest BCUT2D eigenvalue weighted by atomic mass is 35.5. The lowest BCUT2D eigenvalue weighted by atomic mass is 10.2. The summed E-state index contributed by atoms with van der Waals surface area (Å²) < 4.78 is 1.71. The molecule has 1 atom stereocenters. The number of halogens is 1. The molecule has 0 unspecified atom stereocenters. The number of aromatic nitrogens is 2. The molecule has 114 valence electrons. The molecule has 1 amide bonds. The van der Waals surface area contributed by atoms with Crippen molar-refractivity contribution < 1.29 is 4.79 Å². The molecule has 1 aromatic heterocycles. The standard InChI is InChI=1S/C14H18N4OS.ClH/c1-20-10-8-12(15)14(19)16-13-7-9-18(17-13)11-5-3-2-4-6-11;/h2-7,9,12H,8,10,15H2,1H3,(H,16,17,19);1H/t12-;/m0./s1. The third kappa shape index (κ3) is 5.08. The molecule has 0 aliphatic heterocycles. The van der Waals surface area contributed by atoms with Crippen LogP contribution in [0.15, 0.2) is 42.6 Å². The zero-order valence-electron chi connectivity index (χ0n) is 11.7. The van der Waals surface area contributed by atoms with E-state index in [-0.39, 0.29) is 18.3 Å². The van der Waals surface area contributed by atoms with E-state index in [4.69, 9.17) is 5.73 Å². The number of rotatable bonds is 6. The summed E-state index contributed by atoms with van der Waals surface area (Å²) in [5.74, 6) is 1.18. The number of anilines is 1. The summed E-state index contributed by atoms with van der Waals surface area (Å²) in [6.45, 7) is 0. The van der Waals surface area contributed by atoms with Gasteiger partial charge in [0.25, 0.3) is 0 Å². The summed E-state index contributed by atoms with van der Waals surface area (Å²) in [4.78, 5) is 11.9. The lowest BCUT2D eigenvalue weighted by Gasteiger charge is -2.09. The van der Waals surface area contributed by atoms with Crippen LogP contribution in [0.1, 0.15) is 6.42 Å². The Labute approximate surface area is 134 Å². The molecule has 2 rings (SSSR count). The molecule has 0 bridgehead atoms. The van der Waals surface area contributed by atoms with Gasteiger partial charge >= 0.3 is 0 Å². The van der Waals surface area contributed by atoms with E-state index in [9.17, 15) is 4.79 Å². The average Bonchev–Trinajstić information content (AvgIpc) is 2.94. The van der Waals surface area contributed by atoms with Crippen molar-refractivity contribution in [2.24, 2.45) is 5.73 Å². The molecule has 0 fully saturated rings. The van der Waals surface area contributed by atoms with Gasteiger partial charge in [-0.3, -0.25) is 4.79 Å². The molecule has 0 aliphatic carbocycles. The predicted molar refractivity (Wildman–Crippen MR) is 90.4 cm³/mol. The first-order chi connectivity index (χ1) is 9.70. The Morgan fingerprint density at radius 2 is 2.10 bits per heavy atom. The number of hydrogen-bond acceptors (Lipinski definition) is 4. The second-order valence-corrected chi connectivity index (χ2v) is 5.34. The van der Waals surface area contributed by atoms with Gasteiger partial charge in [0.2, 0.25) is 5.91 Å². The largest absolute Gasteiger partial charge is 0.320 e. The second-order valence-electron chi connectivity index (χ2n) is 4.36. The molecule has 0 spiro atoms. The second kappa shape index (κ2) is 8.71. The molecule has 1 aromatic carbocycles. The van der Waals surface area contributed by atoms with Crippen LogP contribution in [0.25, 0.3) is 5.69 Å². The van der Waals surface area contributed by atoms with Gasteiger partial charge in [-0.25, -0.2) is 4.68 Å². The number of benzene rings is 1. The minimum absolute atomic E-state index is 0. The maximum Gasteiger partial charge on any atom is 0.242 e. The van der Waals surface area contributed by atoms with Gasteiger partial charge in [-0.2, -0.15) is 16.9 Å². The van der Waals surface area contributed by atoms with E-state index in [2.05, 4.69) is 10.4 Å². The number of hydrogen-bond donors (Lipinski definition) is 2. The van der Waals surface area contributed by atoms with E-state index < -0.39 is 6.04 Å². The fourth-order valence-corrected chi connectivity index (χ4v) is 2.20. The quantitative estimate of drug-likeness (QED) is 0.854. The van der Waals surface area contributed by atoms with Crippen molar-refractivity contribution in [3.8, 4) is 5.69 Å². The molecule has 2 aromatic rings. The van der Waals surface area contributed by atoms with E-state index in [1.54, 1.807) is 28.7 Å². The Morgan fingerprint density at radius 3 is 2.76 bits per heavy atom. The number of thioether (sulfide) groups is 1. The molecular formula is C14H19ClN4OS. The molecule has 5 nitrogen and oxygen atoms in total. The van der Waals surface area contributed by atoms with Crippen LogP contribution < -0.4 is 11.1 Å². The predicted octanol–water partition coefficient (Wildman–Crippen LogP) is 2.31. The van der Waals surface area contributed by atoms with Gasteiger partial charge in [0.05, 0.1) is 11.7 Å². The van der Waals surface area contributed by atoms with E-state index >= 15 is 0 Å². The zero-order chi connectivity index (χ0) is 14.4. The van der Waals surface area contributed by atoms with E-state index in [0.29, 0.717) is 12.2 Å². The van der Waals surface area contributed by atoms with Crippen molar-refractivity contribution in [1.82, 2.24) is 9.78 Å². The lowest BCUT2D eigenvalue weighted by Crippen LogP contribution is -2.36. The van der Waals surface area contributed by atoms with Gasteiger partial charge in [0.15, 0.2) is 5.82 Å². The first-order valence-electron chi connectivity index (χ1n) is 6.37. The summed E-state index contributed by atoms with van der Waals surface area (Å²) in [5, 5.41) is 7.04. The monoisotopic (exact) mass is 326 g/mol. The van der Waals surface area contributed by atoms with E-state index in [0.717, 1.165) is 11.4 Å². The molecule has 1 heterocycles. The fourth-order valence-electron chi connectivity index (χ4n) is 1.71. The van der Waals surface area contributed by atoms with Gasteiger partial charge in [0, 0.05) is 12.3 Å². The summed E-state index contributed by atoms with van der Waals surface area (Å²) in [7, 11) is 0. The normalized spacial score (nSPS) is 11.5. The Balaban J connectivity index is 0.00000220. The SMILES string of the molecule is CSCC[C@H](N)C(=O)Nc1ccn(-c2ccccc2)n1.Cl. The molecule has 0 radical (unpaired) electrons. The van der Waals surface area contributed by atoms with E-state index in [1.807, 2.05) is 36.6 Å². The number of nitrogens with zero attached hydrogens (tertiary/aromatic N) is 2. The third-order valence-electron chi connectivity index (χ3n) is 2.83. The highest BCUT2D eigenvalue weighted by Crippen LogP contribution is 2.10. The van der Waals surface area contributed by atoms with Gasteiger partial charge in [0.1, 0.15) is 0 Å². The number of para-hydroxylation sites is 1. The van der Waals surface area contributed by atoms with Gasteiger partial charge in [-0.15, -0.1) is 12.4 Å². The lowest BCUT2D eigenvalue weighted by molar-refractivity contribution is -0.117. The summed E-state index contributed by atoms with van der Waals surface area (Å²) in [5.41, 5.74) is 6.75. The van der Waals surface area contributed by atoms with Crippen LogP contribution in [-0.2, 0) is 4.79 Å². The molecular weight excluding hydrogens is 308 g/mol. The number of nitrogens with two attached hydrogens (primary N) is 1. The Bertz CT molecular complexity index is 561. The Morgan fingerprint density at radius 1 is 1.38 bits per heavy atom. The third-order valence-corrected chi connectivity index (χ3v) is 3.47. The Hall–Kier alpha value is -1.50. The van der Waals surface area contributed by atoms with Crippen molar-refractivity contribution in [2.75, 3.05) is 17.3 Å². The van der Waals surface area contributed by atoms with Crippen LogP contribution in [0.5, 0.6) is 0 Å². The van der Waals surface area contributed by atoms with Crippen molar-refractivity contribution in [1.29, 1.82) is 0 Å². The van der Waals surface area contributed by atoms with E-state index in [1.165, 1.54) is 0 Å². The zero-order valence-corrected chi connectivity index (χ0v) is 13.4. The number of carbonyl (C=O) groups excluding carboxylic acids is 1. The Kier molecular flexibility index (Phi) is 7.28. The number of nitrogens with one attached hydrogen (secondary N) is 1. The van der Waals surface area contributed by atoms with Crippen LogP contribution in [-0.4, -0.2) is 33.7 Å². The molecule has 0 aliphatic rings. The van der Waals surface area contributed by atoms with Crippen molar-refractivity contribution >= 4 is 35.9 Å². The van der Waals surface area contributed by atoms with Crippen LogP contribution in [0.4, 0.5) is 5.82 Å². The first kappa shape index (κ1) is 17.6. The summed E-state index contributed by atoms with van der Waals surface area (Å²) in [6, 6.07) is 11.0. The molecule has 21 heavy (non-hydrogen) atoms. The first-order valence-corrected chi connectivity index (χ1v) is 7.76. The molecule has 3 N–H and O–H groups in total. The van der Waals surface area contributed by atoms with Gasteiger partial charge in [-0.1, -0.05) is 18.2 Å². The fraction of sp³-hybridized carbons (Fsp3) is 0.286. The number of carbonyl (C=O) groups is 1. The van der Waals surface area contributed by atoms with Crippen LogP contribution in [0.3, 0.4) is 0 Å². The average molecular weight is 327 g/mol. The van der Waals surface area contributed by atoms with Crippen LogP contribution in [0.2, 0.25) is 0 Å². The minimum atomic E-state index is -0.496. The molecule has 0 saturated carbocycles. The topological polar surface area (TPSA) is 72.9 Å². The maximum absolute atomic E-state index is 11.9.